The van der Waals surface area contributed by atoms with Crippen molar-refractivity contribution in [2.75, 3.05) is 24.6 Å². The van der Waals surface area contributed by atoms with Crippen LogP contribution in [0.15, 0.2) is 27.6 Å². The monoisotopic (exact) mass is 346 g/mol. The van der Waals surface area contributed by atoms with Gasteiger partial charge in [0.25, 0.3) is 0 Å². The van der Waals surface area contributed by atoms with Crippen LogP contribution in [0.3, 0.4) is 0 Å². The maximum Gasteiger partial charge on any atom is 0.238 e. The Morgan fingerprint density at radius 3 is 2.58 bits per heavy atom. The highest BCUT2D eigenvalue weighted by Gasteiger charge is 2.26. The van der Waals surface area contributed by atoms with E-state index in [-0.39, 0.29) is 16.5 Å². The minimum atomic E-state index is -3.70. The van der Waals surface area contributed by atoms with Crippen molar-refractivity contribution < 1.29 is 13.2 Å². The summed E-state index contributed by atoms with van der Waals surface area (Å²) in [5.41, 5.74) is 5.84. The lowest BCUT2D eigenvalue weighted by Crippen LogP contribution is -2.33. The van der Waals surface area contributed by atoms with Gasteiger partial charge in [-0.05, 0) is 31.0 Å². The summed E-state index contributed by atoms with van der Waals surface area (Å²) in [5.74, 6) is -0.870. The molecule has 1 amide bonds. The molecule has 1 saturated heterocycles. The highest BCUT2D eigenvalue weighted by Crippen LogP contribution is 2.24. The first kappa shape index (κ1) is 14.3. The van der Waals surface area contributed by atoms with E-state index in [9.17, 15) is 13.2 Å². The average Bonchev–Trinajstić information content (AvgIpc) is 2.85. The molecule has 0 saturated carbocycles. The number of halogens is 1. The summed E-state index contributed by atoms with van der Waals surface area (Å²) in [6.45, 7) is 1.28. The molecule has 0 aliphatic carbocycles. The predicted octanol–water partition coefficient (Wildman–Crippen LogP) is 1.43. The molecule has 7 heteroatoms. The summed E-state index contributed by atoms with van der Waals surface area (Å²) in [4.78, 5) is 13.5. The van der Waals surface area contributed by atoms with E-state index in [1.165, 1.54) is 12.1 Å². The lowest BCUT2D eigenvalue weighted by molar-refractivity contribution is -0.127. The number of nitrogens with zero attached hydrogens (tertiary/aromatic N) is 1. The van der Waals surface area contributed by atoms with Gasteiger partial charge in [0.05, 0.1) is 10.6 Å². The molecule has 0 bridgehead atoms. The van der Waals surface area contributed by atoms with E-state index in [1.54, 1.807) is 11.0 Å². The second-order valence-electron chi connectivity index (χ2n) is 4.53. The van der Waals surface area contributed by atoms with E-state index in [4.69, 9.17) is 5.73 Å². The van der Waals surface area contributed by atoms with Crippen LogP contribution in [0.2, 0.25) is 0 Å². The summed E-state index contributed by atoms with van der Waals surface area (Å²) in [7, 11) is -3.70. The molecule has 1 aliphatic heterocycles. The zero-order chi connectivity index (χ0) is 14.0. The van der Waals surface area contributed by atoms with Gasteiger partial charge in [-0.2, -0.15) is 0 Å². The third kappa shape index (κ3) is 3.27. The number of carbonyl (C=O) groups excluding carboxylic acids is 1. The fourth-order valence-electron chi connectivity index (χ4n) is 2.08. The normalized spacial score (nSPS) is 15.7. The van der Waals surface area contributed by atoms with Crippen molar-refractivity contribution in [2.45, 2.75) is 17.7 Å². The lowest BCUT2D eigenvalue weighted by Gasteiger charge is -2.15. The van der Waals surface area contributed by atoms with Gasteiger partial charge in [-0.1, -0.05) is 15.9 Å². The predicted molar refractivity (Wildman–Crippen MR) is 76.4 cm³/mol. The zero-order valence-corrected chi connectivity index (χ0v) is 12.7. The number of sulfone groups is 1. The molecular weight excluding hydrogens is 332 g/mol. The Kier molecular flexibility index (Phi) is 4.15. The van der Waals surface area contributed by atoms with Gasteiger partial charge in [0.1, 0.15) is 5.75 Å². The molecule has 1 fully saturated rings. The van der Waals surface area contributed by atoms with Crippen LogP contribution in [0.4, 0.5) is 5.69 Å². The first-order valence-electron chi connectivity index (χ1n) is 5.96. The number of amides is 1. The molecule has 0 spiro atoms. The minimum absolute atomic E-state index is 0.00872. The van der Waals surface area contributed by atoms with Crippen molar-refractivity contribution in [1.82, 2.24) is 4.90 Å². The quantitative estimate of drug-likeness (QED) is 0.839. The Bertz CT molecular complexity index is 595. The molecule has 0 atom stereocenters. The number of likely N-dealkylation sites (tertiary alicyclic amines) is 1. The summed E-state index contributed by atoms with van der Waals surface area (Å²) in [6.07, 6.45) is 1.87. The topological polar surface area (TPSA) is 80.5 Å². The van der Waals surface area contributed by atoms with Crippen molar-refractivity contribution in [1.29, 1.82) is 0 Å². The van der Waals surface area contributed by atoms with E-state index in [2.05, 4.69) is 15.9 Å². The third-order valence-corrected chi connectivity index (χ3v) is 5.23. The van der Waals surface area contributed by atoms with E-state index >= 15 is 0 Å². The summed E-state index contributed by atoms with van der Waals surface area (Å²) in [6, 6.07) is 4.61. The standard InChI is InChI=1S/C12H15BrN2O3S/c13-9-3-4-10(14)11(7-9)19(17,18)8-12(16)15-5-1-2-6-15/h3-4,7H,1-2,5-6,8,14H2. The fourth-order valence-corrected chi connectivity index (χ4v) is 3.99. The van der Waals surface area contributed by atoms with Crippen LogP contribution in [0.1, 0.15) is 12.8 Å². The van der Waals surface area contributed by atoms with Gasteiger partial charge in [0.15, 0.2) is 9.84 Å². The molecule has 2 N–H and O–H groups in total. The number of nitrogens with two attached hydrogens (primary N) is 1. The first-order valence-corrected chi connectivity index (χ1v) is 8.40. The van der Waals surface area contributed by atoms with Crippen LogP contribution in [0.25, 0.3) is 0 Å². The first-order chi connectivity index (χ1) is 8.90. The fraction of sp³-hybridized carbons (Fsp3) is 0.417. The average molecular weight is 347 g/mol. The number of hydrogen-bond donors (Lipinski definition) is 1. The molecule has 1 aliphatic rings. The Balaban J connectivity index is 2.22. The zero-order valence-electron chi connectivity index (χ0n) is 10.3. The molecular formula is C12H15BrN2O3S. The Morgan fingerprint density at radius 2 is 1.95 bits per heavy atom. The number of hydrogen-bond acceptors (Lipinski definition) is 4. The SMILES string of the molecule is Nc1ccc(Br)cc1S(=O)(=O)CC(=O)N1CCCC1. The van der Waals surface area contributed by atoms with Crippen LogP contribution < -0.4 is 5.73 Å². The molecule has 0 unspecified atom stereocenters. The Morgan fingerprint density at radius 1 is 1.32 bits per heavy atom. The van der Waals surface area contributed by atoms with Crippen molar-refractivity contribution >= 4 is 37.4 Å². The second kappa shape index (κ2) is 5.50. The molecule has 0 radical (unpaired) electrons. The van der Waals surface area contributed by atoms with Crippen LogP contribution in [0.5, 0.6) is 0 Å². The molecule has 5 nitrogen and oxygen atoms in total. The molecule has 19 heavy (non-hydrogen) atoms. The molecule has 0 aromatic heterocycles. The highest BCUT2D eigenvalue weighted by atomic mass is 79.9. The Hall–Kier alpha value is -1.08. The van der Waals surface area contributed by atoms with Crippen LogP contribution in [-0.2, 0) is 14.6 Å². The van der Waals surface area contributed by atoms with Gasteiger partial charge in [-0.15, -0.1) is 0 Å². The van der Waals surface area contributed by atoms with Crippen LogP contribution in [-0.4, -0.2) is 38.1 Å². The smallest absolute Gasteiger partial charge is 0.238 e. The number of rotatable bonds is 3. The number of carbonyl (C=O) groups is 1. The summed E-state index contributed by atoms with van der Waals surface area (Å²) >= 11 is 3.21. The van der Waals surface area contributed by atoms with E-state index < -0.39 is 15.6 Å². The van der Waals surface area contributed by atoms with E-state index in [0.29, 0.717) is 17.6 Å². The molecule has 104 valence electrons. The third-order valence-electron chi connectivity index (χ3n) is 3.08. The van der Waals surface area contributed by atoms with Crippen LogP contribution in [0, 0.1) is 0 Å². The summed E-state index contributed by atoms with van der Waals surface area (Å²) < 4.78 is 25.1. The maximum atomic E-state index is 12.2. The largest absolute Gasteiger partial charge is 0.398 e. The number of nitrogen functional groups attached to an aromatic ring is 1. The number of benzene rings is 1. The maximum absolute atomic E-state index is 12.2. The Labute approximate surface area is 120 Å². The van der Waals surface area contributed by atoms with Gasteiger partial charge < -0.3 is 10.6 Å². The molecule has 1 aromatic carbocycles. The van der Waals surface area contributed by atoms with Crippen molar-refractivity contribution in [3.8, 4) is 0 Å². The molecule has 1 aromatic rings. The van der Waals surface area contributed by atoms with E-state index in [0.717, 1.165) is 12.8 Å². The lowest BCUT2D eigenvalue weighted by atomic mass is 10.3. The van der Waals surface area contributed by atoms with Crippen molar-refractivity contribution in [3.05, 3.63) is 22.7 Å². The van der Waals surface area contributed by atoms with Gasteiger partial charge in [-0.25, -0.2) is 8.42 Å². The van der Waals surface area contributed by atoms with Crippen molar-refractivity contribution in [2.24, 2.45) is 0 Å². The highest BCUT2D eigenvalue weighted by molar-refractivity contribution is 9.10. The van der Waals surface area contributed by atoms with Gasteiger partial charge in [0, 0.05) is 17.6 Å². The molecule has 1 heterocycles. The van der Waals surface area contributed by atoms with Crippen molar-refractivity contribution in [3.63, 3.8) is 0 Å². The molecule has 2 rings (SSSR count). The van der Waals surface area contributed by atoms with Crippen LogP contribution >= 0.6 is 15.9 Å². The van der Waals surface area contributed by atoms with E-state index in [1.807, 2.05) is 0 Å². The minimum Gasteiger partial charge on any atom is -0.398 e. The number of anilines is 1. The second-order valence-corrected chi connectivity index (χ2v) is 7.40. The van der Waals surface area contributed by atoms with Gasteiger partial charge >= 0.3 is 0 Å². The summed E-state index contributed by atoms with van der Waals surface area (Å²) in [5, 5.41) is 0. The van der Waals surface area contributed by atoms with Gasteiger partial charge in [0.2, 0.25) is 5.91 Å². The van der Waals surface area contributed by atoms with Gasteiger partial charge in [-0.3, -0.25) is 4.79 Å².